The molecule has 3 aromatic carbocycles. The molecule has 32 heavy (non-hydrogen) atoms. The van der Waals surface area contributed by atoms with E-state index >= 15 is 0 Å². The maximum Gasteiger partial charge on any atom is 0.336 e. The monoisotopic (exact) mass is 446 g/mol. The van der Waals surface area contributed by atoms with E-state index in [-0.39, 0.29) is 17.9 Å². The molecule has 0 amide bonds. The van der Waals surface area contributed by atoms with Crippen molar-refractivity contribution in [2.24, 2.45) is 0 Å². The van der Waals surface area contributed by atoms with Crippen LogP contribution in [0.2, 0.25) is 0 Å². The summed E-state index contributed by atoms with van der Waals surface area (Å²) in [6.45, 7) is 2.55. The van der Waals surface area contributed by atoms with E-state index in [0.29, 0.717) is 33.8 Å². The molecule has 5 aromatic rings. The van der Waals surface area contributed by atoms with Crippen LogP contribution in [-0.2, 0) is 6.54 Å². The molecule has 0 saturated carbocycles. The molecule has 2 aromatic heterocycles. The largest absolute Gasteiger partial charge is 0.494 e. The zero-order chi connectivity index (χ0) is 22.2. The molecule has 0 N–H and O–H groups in total. The molecule has 0 aliphatic heterocycles. The van der Waals surface area contributed by atoms with Gasteiger partial charge in [0.05, 0.1) is 24.4 Å². The van der Waals surface area contributed by atoms with Crippen molar-refractivity contribution in [3.05, 3.63) is 105 Å². The van der Waals surface area contributed by atoms with E-state index < -0.39 is 5.69 Å². The molecule has 160 valence electrons. The number of aromatic nitrogens is 2. The second-order valence-electron chi connectivity index (χ2n) is 7.34. The number of halogens is 1. The van der Waals surface area contributed by atoms with Gasteiger partial charge in [0.2, 0.25) is 0 Å². The van der Waals surface area contributed by atoms with Gasteiger partial charge in [-0.25, -0.2) is 13.8 Å². The summed E-state index contributed by atoms with van der Waals surface area (Å²) in [4.78, 5) is 27.1. The number of benzene rings is 3. The molecule has 0 spiro atoms. The minimum Gasteiger partial charge on any atom is -0.494 e. The highest BCUT2D eigenvalue weighted by Crippen LogP contribution is 2.31. The fourth-order valence-corrected chi connectivity index (χ4v) is 5.04. The van der Waals surface area contributed by atoms with E-state index in [1.165, 1.54) is 28.0 Å². The Morgan fingerprint density at radius 1 is 0.969 bits per heavy atom. The van der Waals surface area contributed by atoms with E-state index in [1.54, 1.807) is 41.0 Å². The predicted molar refractivity (Wildman–Crippen MR) is 126 cm³/mol. The first-order valence-corrected chi connectivity index (χ1v) is 11.0. The lowest BCUT2D eigenvalue weighted by Gasteiger charge is -2.13. The van der Waals surface area contributed by atoms with Gasteiger partial charge in [-0.1, -0.05) is 30.3 Å². The summed E-state index contributed by atoms with van der Waals surface area (Å²) in [7, 11) is 0. The lowest BCUT2D eigenvalue weighted by atomic mass is 10.2. The molecule has 2 heterocycles. The summed E-state index contributed by atoms with van der Waals surface area (Å²) in [6.07, 6.45) is 0. The van der Waals surface area contributed by atoms with Crippen molar-refractivity contribution < 1.29 is 9.13 Å². The average molecular weight is 447 g/mol. The van der Waals surface area contributed by atoms with Gasteiger partial charge in [-0.2, -0.15) is 0 Å². The smallest absolute Gasteiger partial charge is 0.336 e. The third-order valence-corrected chi connectivity index (χ3v) is 6.44. The molecule has 0 aliphatic rings. The summed E-state index contributed by atoms with van der Waals surface area (Å²) < 4.78 is 23.4. The molecule has 0 fully saturated rings. The van der Waals surface area contributed by atoms with Crippen LogP contribution in [0.25, 0.3) is 26.0 Å². The van der Waals surface area contributed by atoms with Gasteiger partial charge in [0, 0.05) is 10.1 Å². The van der Waals surface area contributed by atoms with Crippen LogP contribution in [0, 0.1) is 5.82 Å². The van der Waals surface area contributed by atoms with E-state index in [9.17, 15) is 14.0 Å². The van der Waals surface area contributed by atoms with Crippen molar-refractivity contribution in [3.63, 3.8) is 0 Å². The molecular formula is C25H19FN2O3S. The maximum atomic E-state index is 13.8. The lowest BCUT2D eigenvalue weighted by molar-refractivity contribution is 0.340. The van der Waals surface area contributed by atoms with E-state index in [0.717, 1.165) is 10.1 Å². The van der Waals surface area contributed by atoms with Gasteiger partial charge >= 0.3 is 5.69 Å². The number of rotatable bonds is 5. The normalized spacial score (nSPS) is 11.3. The van der Waals surface area contributed by atoms with Crippen molar-refractivity contribution in [1.29, 1.82) is 0 Å². The Hall–Kier alpha value is -3.71. The summed E-state index contributed by atoms with van der Waals surface area (Å²) in [5.41, 5.74) is 0.828. The molecule has 7 heteroatoms. The quantitative estimate of drug-likeness (QED) is 0.384. The van der Waals surface area contributed by atoms with Gasteiger partial charge in [-0.05, 0) is 55.0 Å². The number of ether oxygens (including phenoxy) is 1. The predicted octanol–water partition coefficient (Wildman–Crippen LogP) is 4.95. The average Bonchev–Trinajstić information content (AvgIpc) is 3.18. The van der Waals surface area contributed by atoms with Gasteiger partial charge in [-0.3, -0.25) is 9.36 Å². The lowest BCUT2D eigenvalue weighted by Crippen LogP contribution is -2.38. The SMILES string of the molecule is CCOc1ccc(-n2c(=O)c3sc4ccccc4c3n(Cc3cccc(F)c3)c2=O)cc1. The van der Waals surface area contributed by atoms with E-state index in [1.807, 2.05) is 31.2 Å². The highest BCUT2D eigenvalue weighted by atomic mass is 32.1. The molecule has 0 radical (unpaired) electrons. The highest BCUT2D eigenvalue weighted by molar-refractivity contribution is 7.25. The van der Waals surface area contributed by atoms with Crippen molar-refractivity contribution in [2.45, 2.75) is 13.5 Å². The number of thiophene rings is 1. The van der Waals surface area contributed by atoms with Crippen molar-refractivity contribution in [1.82, 2.24) is 9.13 Å². The van der Waals surface area contributed by atoms with Crippen LogP contribution in [0.4, 0.5) is 4.39 Å². The minimum atomic E-state index is -0.473. The van der Waals surface area contributed by atoms with Gasteiger partial charge in [-0.15, -0.1) is 11.3 Å². The topological polar surface area (TPSA) is 53.2 Å². The third kappa shape index (κ3) is 3.40. The van der Waals surface area contributed by atoms with Crippen molar-refractivity contribution in [2.75, 3.05) is 6.61 Å². The number of hydrogen-bond donors (Lipinski definition) is 0. The number of nitrogens with zero attached hydrogens (tertiary/aromatic N) is 2. The Bertz CT molecular complexity index is 1570. The van der Waals surface area contributed by atoms with Gasteiger partial charge < -0.3 is 4.74 Å². The summed E-state index contributed by atoms with van der Waals surface area (Å²) in [5, 5.41) is 0.831. The number of fused-ring (bicyclic) bond motifs is 3. The highest BCUT2D eigenvalue weighted by Gasteiger charge is 2.19. The van der Waals surface area contributed by atoms with Crippen LogP contribution < -0.4 is 16.0 Å². The van der Waals surface area contributed by atoms with Crippen LogP contribution in [0.1, 0.15) is 12.5 Å². The van der Waals surface area contributed by atoms with Crippen LogP contribution in [-0.4, -0.2) is 15.7 Å². The Kier molecular flexibility index (Phi) is 5.11. The molecule has 0 atom stereocenters. The van der Waals surface area contributed by atoms with Crippen LogP contribution in [0.5, 0.6) is 5.75 Å². The van der Waals surface area contributed by atoms with Gasteiger partial charge in [0.15, 0.2) is 0 Å². The zero-order valence-electron chi connectivity index (χ0n) is 17.2. The number of hydrogen-bond acceptors (Lipinski definition) is 4. The van der Waals surface area contributed by atoms with E-state index in [2.05, 4.69) is 0 Å². The molecule has 0 saturated heterocycles. The summed E-state index contributed by atoms with van der Waals surface area (Å²) in [6, 6.07) is 20.6. The fourth-order valence-electron chi connectivity index (χ4n) is 3.90. The Labute approximate surface area is 186 Å². The molecule has 0 unspecified atom stereocenters. The fraction of sp³-hybridized carbons (Fsp3) is 0.120. The summed E-state index contributed by atoms with van der Waals surface area (Å²) >= 11 is 1.35. The third-order valence-electron chi connectivity index (χ3n) is 5.29. The van der Waals surface area contributed by atoms with Crippen molar-refractivity contribution in [3.8, 4) is 11.4 Å². The first kappa shape index (κ1) is 20.2. The van der Waals surface area contributed by atoms with Crippen molar-refractivity contribution >= 4 is 31.6 Å². The van der Waals surface area contributed by atoms with Crippen LogP contribution in [0.15, 0.2) is 82.4 Å². The standard InChI is InChI=1S/C25H19FN2O3S/c1-2-31-19-12-10-18(11-13-19)28-24(29)23-22(20-8-3-4-9-21(20)32-23)27(25(28)30)15-16-6-5-7-17(26)14-16/h3-14H,2,15H2,1H3. The Balaban J connectivity index is 1.81. The Morgan fingerprint density at radius 3 is 2.50 bits per heavy atom. The van der Waals surface area contributed by atoms with Crippen LogP contribution in [0.3, 0.4) is 0 Å². The van der Waals surface area contributed by atoms with Crippen LogP contribution >= 0.6 is 11.3 Å². The Morgan fingerprint density at radius 2 is 1.75 bits per heavy atom. The molecule has 0 bridgehead atoms. The first-order chi connectivity index (χ1) is 15.6. The minimum absolute atomic E-state index is 0.144. The summed E-state index contributed by atoms with van der Waals surface area (Å²) in [5.74, 6) is 0.286. The van der Waals surface area contributed by atoms with Gasteiger partial charge in [0.25, 0.3) is 5.56 Å². The molecule has 5 rings (SSSR count). The first-order valence-electron chi connectivity index (χ1n) is 10.2. The van der Waals surface area contributed by atoms with Gasteiger partial charge in [0.1, 0.15) is 16.3 Å². The second kappa shape index (κ2) is 8.09. The van der Waals surface area contributed by atoms with E-state index in [4.69, 9.17) is 4.74 Å². The zero-order valence-corrected chi connectivity index (χ0v) is 18.1. The second-order valence-corrected chi connectivity index (χ2v) is 8.39. The maximum absolute atomic E-state index is 13.8. The molecule has 5 nitrogen and oxygen atoms in total. The molecular weight excluding hydrogens is 427 g/mol. The molecule has 0 aliphatic carbocycles.